The Labute approximate surface area is 196 Å². The number of halogens is 1. The van der Waals surface area contributed by atoms with Crippen LogP contribution in [0.5, 0.6) is 0 Å². The van der Waals surface area contributed by atoms with Crippen molar-refractivity contribution in [2.45, 2.75) is 57.1 Å². The molecule has 33 heavy (non-hydrogen) atoms. The van der Waals surface area contributed by atoms with E-state index < -0.39 is 0 Å². The molecule has 10 heteroatoms. The normalized spacial score (nSPS) is 15.0. The lowest BCUT2D eigenvalue weighted by molar-refractivity contribution is -0.113. The first-order valence-electron chi connectivity index (χ1n) is 11.1. The Hall–Kier alpha value is -2.72. The van der Waals surface area contributed by atoms with E-state index in [0.717, 1.165) is 30.3 Å². The van der Waals surface area contributed by atoms with Gasteiger partial charge in [-0.3, -0.25) is 19.6 Å². The maximum Gasteiger partial charge on any atom is 0.237 e. The first kappa shape index (κ1) is 23.4. The lowest BCUT2D eigenvalue weighted by Gasteiger charge is -2.26. The largest absolute Gasteiger partial charge is 0.338 e. The van der Waals surface area contributed by atoms with Gasteiger partial charge in [0.25, 0.3) is 0 Å². The summed E-state index contributed by atoms with van der Waals surface area (Å²) in [5, 5.41) is 16.1. The van der Waals surface area contributed by atoms with Crippen molar-refractivity contribution in [3.8, 4) is 5.69 Å². The van der Waals surface area contributed by atoms with Gasteiger partial charge in [-0.25, -0.2) is 4.39 Å². The summed E-state index contributed by atoms with van der Waals surface area (Å²) in [4.78, 5) is 14.9. The summed E-state index contributed by atoms with van der Waals surface area (Å²) in [5.41, 5.74) is 1.36. The van der Waals surface area contributed by atoms with E-state index in [1.165, 1.54) is 43.2 Å². The number of piperidine rings is 1. The van der Waals surface area contributed by atoms with Crippen LogP contribution in [0.1, 0.15) is 51.6 Å². The summed E-state index contributed by atoms with van der Waals surface area (Å²) in [6.07, 6.45) is 3.59. The van der Waals surface area contributed by atoms with Gasteiger partial charge in [-0.1, -0.05) is 44.1 Å². The number of thioether (sulfide) groups is 1. The Bertz CT molecular complexity index is 1080. The van der Waals surface area contributed by atoms with E-state index in [1.54, 1.807) is 18.2 Å². The SMILES string of the molecule is CC(C)(C)c1cc(NC(=O)CSc2nnc(CN3CCCCC3)n2-c2ccc(F)cc2)on1. The lowest BCUT2D eigenvalue weighted by atomic mass is 9.92. The van der Waals surface area contributed by atoms with Gasteiger partial charge in [0.2, 0.25) is 11.8 Å². The van der Waals surface area contributed by atoms with E-state index in [0.29, 0.717) is 17.6 Å². The first-order valence-corrected chi connectivity index (χ1v) is 12.1. The predicted octanol–water partition coefficient (Wildman–Crippen LogP) is 4.41. The summed E-state index contributed by atoms with van der Waals surface area (Å²) < 4.78 is 20.7. The molecule has 0 unspecified atom stereocenters. The number of benzene rings is 1. The van der Waals surface area contributed by atoms with Crippen LogP contribution in [0.3, 0.4) is 0 Å². The van der Waals surface area contributed by atoms with Gasteiger partial charge in [0.1, 0.15) is 5.82 Å². The second-order valence-corrected chi connectivity index (χ2v) is 10.2. The van der Waals surface area contributed by atoms with Gasteiger partial charge in [0.15, 0.2) is 11.0 Å². The van der Waals surface area contributed by atoms with Crippen LogP contribution >= 0.6 is 11.8 Å². The molecule has 1 fully saturated rings. The third-order valence-corrected chi connectivity index (χ3v) is 6.40. The van der Waals surface area contributed by atoms with E-state index in [1.807, 2.05) is 25.3 Å². The molecule has 0 saturated carbocycles. The van der Waals surface area contributed by atoms with Crippen molar-refractivity contribution in [3.63, 3.8) is 0 Å². The fourth-order valence-corrected chi connectivity index (χ4v) is 4.43. The van der Waals surface area contributed by atoms with Crippen molar-refractivity contribution >= 4 is 23.6 Å². The van der Waals surface area contributed by atoms with Crippen molar-refractivity contribution < 1.29 is 13.7 Å². The number of hydrogen-bond acceptors (Lipinski definition) is 7. The Balaban J connectivity index is 1.47. The summed E-state index contributed by atoms with van der Waals surface area (Å²) in [5.74, 6) is 0.671. The van der Waals surface area contributed by atoms with Gasteiger partial charge in [-0.05, 0) is 50.2 Å². The molecular formula is C23H29FN6O2S. The molecule has 1 aliphatic rings. The van der Waals surface area contributed by atoms with Gasteiger partial charge in [-0.2, -0.15) is 0 Å². The Morgan fingerprint density at radius 3 is 2.55 bits per heavy atom. The predicted molar refractivity (Wildman–Crippen MR) is 125 cm³/mol. The van der Waals surface area contributed by atoms with Gasteiger partial charge in [0.05, 0.1) is 18.0 Å². The number of aromatic nitrogens is 4. The fourth-order valence-electron chi connectivity index (χ4n) is 3.65. The molecule has 3 heterocycles. The number of hydrogen-bond donors (Lipinski definition) is 1. The third kappa shape index (κ3) is 6.00. The topological polar surface area (TPSA) is 89.1 Å². The lowest BCUT2D eigenvalue weighted by Crippen LogP contribution is -2.30. The molecule has 1 amide bonds. The van der Waals surface area contributed by atoms with Crippen molar-refractivity contribution in [1.82, 2.24) is 24.8 Å². The quantitative estimate of drug-likeness (QED) is 0.510. The van der Waals surface area contributed by atoms with Gasteiger partial charge in [0, 0.05) is 17.2 Å². The average Bonchev–Trinajstić information content (AvgIpc) is 3.41. The van der Waals surface area contributed by atoms with Gasteiger partial charge < -0.3 is 4.52 Å². The van der Waals surface area contributed by atoms with E-state index in [-0.39, 0.29) is 22.9 Å². The molecule has 2 aromatic heterocycles. The van der Waals surface area contributed by atoms with E-state index >= 15 is 0 Å². The number of amides is 1. The van der Waals surface area contributed by atoms with Gasteiger partial charge in [-0.15, -0.1) is 10.2 Å². The molecule has 176 valence electrons. The third-order valence-electron chi connectivity index (χ3n) is 5.47. The van der Waals surface area contributed by atoms with Crippen LogP contribution in [-0.4, -0.2) is 49.6 Å². The van der Waals surface area contributed by atoms with Gasteiger partial charge >= 0.3 is 0 Å². The highest BCUT2D eigenvalue weighted by molar-refractivity contribution is 7.99. The summed E-state index contributed by atoms with van der Waals surface area (Å²) in [6, 6.07) is 7.96. The number of anilines is 1. The first-order chi connectivity index (χ1) is 15.8. The van der Waals surface area contributed by atoms with E-state index in [4.69, 9.17) is 4.52 Å². The fraction of sp³-hybridized carbons (Fsp3) is 0.478. The van der Waals surface area contributed by atoms with Crippen LogP contribution in [0.4, 0.5) is 10.3 Å². The maximum atomic E-state index is 13.5. The summed E-state index contributed by atoms with van der Waals surface area (Å²) in [7, 11) is 0. The van der Waals surface area contributed by atoms with Crippen molar-refractivity contribution in [3.05, 3.63) is 47.7 Å². The van der Waals surface area contributed by atoms with Crippen LogP contribution in [0.15, 0.2) is 40.0 Å². The molecule has 0 spiro atoms. The van der Waals surface area contributed by atoms with Crippen molar-refractivity contribution in [2.24, 2.45) is 0 Å². The van der Waals surface area contributed by atoms with Crippen LogP contribution in [0, 0.1) is 5.82 Å². The monoisotopic (exact) mass is 472 g/mol. The minimum absolute atomic E-state index is 0.120. The maximum absolute atomic E-state index is 13.5. The molecule has 1 N–H and O–H groups in total. The standard InChI is InChI=1S/C23H29FN6O2S/c1-23(2,3)18-13-21(32-28-18)25-20(31)15-33-22-27-26-19(14-29-11-5-4-6-12-29)30(22)17-9-7-16(24)8-10-17/h7-10,13H,4-6,11-12,14-15H2,1-3H3,(H,25,31). The molecule has 0 aliphatic carbocycles. The van der Waals surface area contributed by atoms with Crippen LogP contribution in [-0.2, 0) is 16.8 Å². The molecule has 1 saturated heterocycles. The van der Waals surface area contributed by atoms with Crippen LogP contribution in [0.25, 0.3) is 5.69 Å². The Kier molecular flexibility index (Phi) is 7.14. The highest BCUT2D eigenvalue weighted by Crippen LogP contribution is 2.26. The zero-order valence-corrected chi connectivity index (χ0v) is 20.0. The number of nitrogens with zero attached hydrogens (tertiary/aromatic N) is 5. The molecule has 0 radical (unpaired) electrons. The molecule has 0 bridgehead atoms. The zero-order chi connectivity index (χ0) is 23.4. The molecule has 3 aromatic rings. The molecule has 4 rings (SSSR count). The Morgan fingerprint density at radius 2 is 1.88 bits per heavy atom. The average molecular weight is 473 g/mol. The number of nitrogens with one attached hydrogen (secondary N) is 1. The number of carbonyl (C=O) groups excluding carboxylic acids is 1. The molecule has 8 nitrogen and oxygen atoms in total. The van der Waals surface area contributed by atoms with E-state index in [9.17, 15) is 9.18 Å². The second kappa shape index (κ2) is 10.0. The molecular weight excluding hydrogens is 443 g/mol. The summed E-state index contributed by atoms with van der Waals surface area (Å²) in [6.45, 7) is 8.77. The van der Waals surface area contributed by atoms with Crippen molar-refractivity contribution in [1.29, 1.82) is 0 Å². The summed E-state index contributed by atoms with van der Waals surface area (Å²) >= 11 is 1.27. The highest BCUT2D eigenvalue weighted by atomic mass is 32.2. The Morgan fingerprint density at radius 1 is 1.15 bits per heavy atom. The van der Waals surface area contributed by atoms with Crippen LogP contribution < -0.4 is 5.32 Å². The molecule has 1 aliphatic heterocycles. The minimum Gasteiger partial charge on any atom is -0.338 e. The minimum atomic E-state index is -0.306. The number of rotatable bonds is 7. The molecule has 1 aromatic carbocycles. The smallest absolute Gasteiger partial charge is 0.237 e. The van der Waals surface area contributed by atoms with Crippen molar-refractivity contribution in [2.75, 3.05) is 24.2 Å². The van der Waals surface area contributed by atoms with E-state index in [2.05, 4.69) is 25.6 Å². The second-order valence-electron chi connectivity index (χ2n) is 9.21. The zero-order valence-electron chi connectivity index (χ0n) is 19.2. The molecule has 0 atom stereocenters. The number of carbonyl (C=O) groups is 1. The number of likely N-dealkylation sites (tertiary alicyclic amines) is 1. The highest BCUT2D eigenvalue weighted by Gasteiger charge is 2.21. The van der Waals surface area contributed by atoms with Crippen LogP contribution in [0.2, 0.25) is 0 Å².